The molecule has 1 N–H and O–H groups in total. The van der Waals surface area contributed by atoms with E-state index in [1.165, 1.54) is 17.8 Å². The van der Waals surface area contributed by atoms with Gasteiger partial charge in [0.15, 0.2) is 0 Å². The molecule has 0 amide bonds. The van der Waals surface area contributed by atoms with Crippen molar-refractivity contribution in [3.63, 3.8) is 0 Å². The summed E-state index contributed by atoms with van der Waals surface area (Å²) in [5, 5.41) is 3.41. The minimum atomic E-state index is -0.182. The van der Waals surface area contributed by atoms with E-state index in [1.54, 1.807) is 0 Å². The van der Waals surface area contributed by atoms with Crippen LogP contribution in [0.3, 0.4) is 0 Å². The van der Waals surface area contributed by atoms with E-state index >= 15 is 0 Å². The summed E-state index contributed by atoms with van der Waals surface area (Å²) in [6.45, 7) is 2.83. The summed E-state index contributed by atoms with van der Waals surface area (Å²) in [4.78, 5) is 2.38. The van der Waals surface area contributed by atoms with Crippen LogP contribution >= 0.6 is 0 Å². The highest BCUT2D eigenvalue weighted by molar-refractivity contribution is 5.49. The van der Waals surface area contributed by atoms with Crippen molar-refractivity contribution < 1.29 is 4.39 Å². The zero-order chi connectivity index (χ0) is 13.1. The SMILES string of the molecule is Fc1ccc(C2CNCCN2c2ccccc2)cc1. The van der Waals surface area contributed by atoms with Crippen molar-refractivity contribution in [3.8, 4) is 0 Å². The van der Waals surface area contributed by atoms with Gasteiger partial charge in [0.1, 0.15) is 5.82 Å². The molecule has 0 aliphatic carbocycles. The predicted molar refractivity (Wildman–Crippen MR) is 75.8 cm³/mol. The van der Waals surface area contributed by atoms with Crippen molar-refractivity contribution in [2.75, 3.05) is 24.5 Å². The maximum atomic E-state index is 13.0. The molecule has 2 aromatic rings. The first-order valence-corrected chi connectivity index (χ1v) is 6.62. The van der Waals surface area contributed by atoms with E-state index in [9.17, 15) is 4.39 Å². The van der Waals surface area contributed by atoms with Gasteiger partial charge >= 0.3 is 0 Å². The number of para-hydroxylation sites is 1. The van der Waals surface area contributed by atoms with Crippen LogP contribution in [-0.4, -0.2) is 19.6 Å². The van der Waals surface area contributed by atoms with E-state index in [1.807, 2.05) is 18.2 Å². The molecular formula is C16H17FN2. The molecule has 19 heavy (non-hydrogen) atoms. The van der Waals surface area contributed by atoms with E-state index in [2.05, 4.69) is 34.5 Å². The van der Waals surface area contributed by atoms with Crippen LogP contribution in [0.15, 0.2) is 54.6 Å². The average molecular weight is 256 g/mol. The number of nitrogens with zero attached hydrogens (tertiary/aromatic N) is 1. The van der Waals surface area contributed by atoms with Gasteiger partial charge in [-0.25, -0.2) is 4.39 Å². The van der Waals surface area contributed by atoms with Gasteiger partial charge in [0, 0.05) is 25.3 Å². The lowest BCUT2D eigenvalue weighted by Gasteiger charge is -2.38. The zero-order valence-electron chi connectivity index (χ0n) is 10.7. The molecule has 0 spiro atoms. The van der Waals surface area contributed by atoms with Crippen molar-refractivity contribution in [1.29, 1.82) is 0 Å². The topological polar surface area (TPSA) is 15.3 Å². The molecule has 0 saturated carbocycles. The van der Waals surface area contributed by atoms with Crippen molar-refractivity contribution in [2.45, 2.75) is 6.04 Å². The third-order valence-corrected chi connectivity index (χ3v) is 3.59. The number of benzene rings is 2. The molecule has 1 aliphatic heterocycles. The Morgan fingerprint density at radius 3 is 2.47 bits per heavy atom. The Hall–Kier alpha value is -1.87. The average Bonchev–Trinajstić information content (AvgIpc) is 2.49. The van der Waals surface area contributed by atoms with Gasteiger partial charge in [0.25, 0.3) is 0 Å². The number of halogens is 1. The molecule has 0 radical (unpaired) electrons. The molecule has 2 nitrogen and oxygen atoms in total. The standard InChI is InChI=1S/C16H17FN2/c17-14-8-6-13(7-9-14)16-12-18-10-11-19(16)15-4-2-1-3-5-15/h1-9,16,18H,10-12H2. The van der Waals surface area contributed by atoms with Crippen LogP contribution in [-0.2, 0) is 0 Å². The van der Waals surface area contributed by atoms with E-state index in [0.29, 0.717) is 0 Å². The lowest BCUT2D eigenvalue weighted by Crippen LogP contribution is -2.46. The molecule has 1 heterocycles. The van der Waals surface area contributed by atoms with Crippen molar-refractivity contribution in [1.82, 2.24) is 5.32 Å². The Bertz CT molecular complexity index is 524. The highest BCUT2D eigenvalue weighted by atomic mass is 19.1. The molecule has 1 saturated heterocycles. The molecule has 98 valence electrons. The molecule has 1 atom stereocenters. The summed E-state index contributed by atoms with van der Waals surface area (Å²) in [6, 6.07) is 17.5. The van der Waals surface area contributed by atoms with Crippen LogP contribution in [0.1, 0.15) is 11.6 Å². The smallest absolute Gasteiger partial charge is 0.123 e. The summed E-state index contributed by atoms with van der Waals surface area (Å²) >= 11 is 0. The summed E-state index contributed by atoms with van der Waals surface area (Å²) in [5.41, 5.74) is 2.37. The minimum absolute atomic E-state index is 0.182. The number of anilines is 1. The van der Waals surface area contributed by atoms with E-state index < -0.39 is 0 Å². The van der Waals surface area contributed by atoms with Gasteiger partial charge in [0.2, 0.25) is 0 Å². The lowest BCUT2D eigenvalue weighted by atomic mass is 10.0. The Kier molecular flexibility index (Phi) is 3.47. The summed E-state index contributed by atoms with van der Waals surface area (Å²) < 4.78 is 13.0. The molecule has 2 aromatic carbocycles. The Labute approximate surface area is 112 Å². The second-order valence-corrected chi connectivity index (χ2v) is 4.80. The fraction of sp³-hybridized carbons (Fsp3) is 0.250. The van der Waals surface area contributed by atoms with Crippen LogP contribution < -0.4 is 10.2 Å². The third kappa shape index (κ3) is 2.61. The zero-order valence-corrected chi connectivity index (χ0v) is 10.7. The van der Waals surface area contributed by atoms with Crippen LogP contribution in [0.4, 0.5) is 10.1 Å². The van der Waals surface area contributed by atoms with Crippen LogP contribution in [0, 0.1) is 5.82 Å². The lowest BCUT2D eigenvalue weighted by molar-refractivity contribution is 0.489. The third-order valence-electron chi connectivity index (χ3n) is 3.59. The van der Waals surface area contributed by atoms with Gasteiger partial charge in [-0.15, -0.1) is 0 Å². The fourth-order valence-electron chi connectivity index (χ4n) is 2.62. The Morgan fingerprint density at radius 2 is 1.74 bits per heavy atom. The largest absolute Gasteiger partial charge is 0.362 e. The van der Waals surface area contributed by atoms with Gasteiger partial charge in [-0.3, -0.25) is 0 Å². The highest BCUT2D eigenvalue weighted by Gasteiger charge is 2.23. The van der Waals surface area contributed by atoms with Gasteiger partial charge in [-0.1, -0.05) is 30.3 Å². The monoisotopic (exact) mass is 256 g/mol. The number of hydrogen-bond acceptors (Lipinski definition) is 2. The molecular weight excluding hydrogens is 239 g/mol. The Balaban J connectivity index is 1.91. The second kappa shape index (κ2) is 5.41. The summed E-state index contributed by atoms with van der Waals surface area (Å²) in [5.74, 6) is -0.182. The van der Waals surface area contributed by atoms with Crippen molar-refractivity contribution in [2.24, 2.45) is 0 Å². The first-order chi connectivity index (χ1) is 9.34. The first kappa shape index (κ1) is 12.2. The maximum absolute atomic E-state index is 13.0. The van der Waals surface area contributed by atoms with Crippen LogP contribution in [0.5, 0.6) is 0 Å². The van der Waals surface area contributed by atoms with E-state index in [0.717, 1.165) is 25.2 Å². The Morgan fingerprint density at radius 1 is 1.00 bits per heavy atom. The van der Waals surface area contributed by atoms with Gasteiger partial charge < -0.3 is 10.2 Å². The molecule has 1 unspecified atom stereocenters. The molecule has 0 bridgehead atoms. The number of hydrogen-bond donors (Lipinski definition) is 1. The first-order valence-electron chi connectivity index (χ1n) is 6.62. The van der Waals surface area contributed by atoms with Gasteiger partial charge in [-0.2, -0.15) is 0 Å². The molecule has 1 fully saturated rings. The summed E-state index contributed by atoms with van der Waals surface area (Å²) in [7, 11) is 0. The van der Waals surface area contributed by atoms with Crippen molar-refractivity contribution >= 4 is 5.69 Å². The second-order valence-electron chi connectivity index (χ2n) is 4.80. The van der Waals surface area contributed by atoms with Crippen LogP contribution in [0.2, 0.25) is 0 Å². The van der Waals surface area contributed by atoms with Crippen molar-refractivity contribution in [3.05, 3.63) is 66.0 Å². The number of piperazine rings is 1. The minimum Gasteiger partial charge on any atom is -0.362 e. The van der Waals surface area contributed by atoms with Gasteiger partial charge in [0.05, 0.1) is 6.04 Å². The predicted octanol–water partition coefficient (Wildman–Crippen LogP) is 2.98. The number of rotatable bonds is 2. The van der Waals surface area contributed by atoms with Crippen LogP contribution in [0.25, 0.3) is 0 Å². The van der Waals surface area contributed by atoms with E-state index in [4.69, 9.17) is 0 Å². The maximum Gasteiger partial charge on any atom is 0.123 e. The molecule has 0 aromatic heterocycles. The fourth-order valence-corrected chi connectivity index (χ4v) is 2.62. The molecule has 3 rings (SSSR count). The molecule has 1 aliphatic rings. The highest BCUT2D eigenvalue weighted by Crippen LogP contribution is 2.28. The summed E-state index contributed by atoms with van der Waals surface area (Å²) in [6.07, 6.45) is 0. The number of nitrogens with one attached hydrogen (secondary N) is 1. The normalized spacial score (nSPS) is 19.4. The quantitative estimate of drug-likeness (QED) is 0.888. The van der Waals surface area contributed by atoms with Gasteiger partial charge in [-0.05, 0) is 29.8 Å². The van der Waals surface area contributed by atoms with E-state index in [-0.39, 0.29) is 11.9 Å². The molecule has 3 heteroatoms.